The Bertz CT molecular complexity index is 131. The molecule has 0 saturated carbocycles. The van der Waals surface area contributed by atoms with Gasteiger partial charge in [-0.15, -0.1) is 0 Å². The summed E-state index contributed by atoms with van der Waals surface area (Å²) in [6.45, 7) is 3.68. The zero-order valence-electron chi connectivity index (χ0n) is 5.97. The van der Waals surface area contributed by atoms with E-state index in [1.807, 2.05) is 13.8 Å². The van der Waals surface area contributed by atoms with Gasteiger partial charge in [0, 0.05) is 0 Å². The maximum Gasteiger partial charge on any atom is 0.347 e. The molecule has 1 unspecified atom stereocenters. The molecule has 60 valence electrons. The molecule has 0 aromatic carbocycles. The molecule has 0 aliphatic rings. The molecule has 0 rings (SSSR count). The molecule has 0 saturated heterocycles. The fourth-order valence-corrected chi connectivity index (χ4v) is 1.28. The lowest BCUT2D eigenvalue weighted by molar-refractivity contribution is -0.149. The Morgan fingerprint density at radius 3 is 2.20 bits per heavy atom. The number of carbonyl (C=O) groups is 1. The van der Waals surface area contributed by atoms with Crippen LogP contribution >= 0.6 is 15.9 Å². The van der Waals surface area contributed by atoms with Gasteiger partial charge in [0.05, 0.1) is 0 Å². The van der Waals surface area contributed by atoms with Gasteiger partial charge in [0.1, 0.15) is 0 Å². The van der Waals surface area contributed by atoms with Crippen LogP contribution in [0.15, 0.2) is 0 Å². The van der Waals surface area contributed by atoms with Crippen molar-refractivity contribution in [1.82, 2.24) is 0 Å². The van der Waals surface area contributed by atoms with E-state index in [4.69, 9.17) is 10.2 Å². The summed E-state index contributed by atoms with van der Waals surface area (Å²) >= 11 is 2.70. The third-order valence-electron chi connectivity index (χ3n) is 1.01. The second kappa shape index (κ2) is 3.34. The topological polar surface area (TPSA) is 57.5 Å². The van der Waals surface area contributed by atoms with Crippen molar-refractivity contribution in [2.45, 2.75) is 24.8 Å². The molecule has 0 amide bonds. The van der Waals surface area contributed by atoms with Gasteiger partial charge in [-0.3, -0.25) is 0 Å². The summed E-state index contributed by atoms with van der Waals surface area (Å²) in [6, 6.07) is 0. The molecule has 0 bridgehead atoms. The minimum Gasteiger partial charge on any atom is -0.478 e. The number of halogens is 1. The maximum absolute atomic E-state index is 10.3. The summed E-state index contributed by atoms with van der Waals surface area (Å²) in [6.07, 6.45) is 0.211. The average molecular weight is 211 g/mol. The van der Waals surface area contributed by atoms with Crippen LogP contribution in [-0.2, 0) is 4.79 Å². The molecule has 0 heterocycles. The molecule has 0 fully saturated rings. The molecule has 0 spiro atoms. The van der Waals surface area contributed by atoms with Crippen molar-refractivity contribution in [1.29, 1.82) is 0 Å². The van der Waals surface area contributed by atoms with Crippen LogP contribution in [0.2, 0.25) is 0 Å². The van der Waals surface area contributed by atoms with Crippen molar-refractivity contribution in [3.63, 3.8) is 0 Å². The predicted molar refractivity (Wildman–Crippen MR) is 41.0 cm³/mol. The third kappa shape index (κ3) is 3.17. The van der Waals surface area contributed by atoms with Gasteiger partial charge in [0.2, 0.25) is 4.51 Å². The highest BCUT2D eigenvalue weighted by molar-refractivity contribution is 9.10. The molecular formula is C6H11BrO3. The largest absolute Gasteiger partial charge is 0.478 e. The van der Waals surface area contributed by atoms with E-state index in [-0.39, 0.29) is 12.3 Å². The van der Waals surface area contributed by atoms with Crippen molar-refractivity contribution in [2.24, 2.45) is 5.92 Å². The number of hydrogen-bond acceptors (Lipinski definition) is 2. The van der Waals surface area contributed by atoms with E-state index in [9.17, 15) is 4.79 Å². The van der Waals surface area contributed by atoms with Gasteiger partial charge < -0.3 is 10.2 Å². The molecule has 0 aromatic heterocycles. The van der Waals surface area contributed by atoms with Gasteiger partial charge in [-0.1, -0.05) is 13.8 Å². The van der Waals surface area contributed by atoms with Gasteiger partial charge >= 0.3 is 5.97 Å². The highest BCUT2D eigenvalue weighted by Gasteiger charge is 2.32. The van der Waals surface area contributed by atoms with E-state index < -0.39 is 10.5 Å². The first-order valence-electron chi connectivity index (χ1n) is 3.01. The smallest absolute Gasteiger partial charge is 0.347 e. The quantitative estimate of drug-likeness (QED) is 0.689. The lowest BCUT2D eigenvalue weighted by atomic mass is 10.1. The first kappa shape index (κ1) is 9.91. The highest BCUT2D eigenvalue weighted by Crippen LogP contribution is 2.23. The lowest BCUT2D eigenvalue weighted by Gasteiger charge is -2.17. The highest BCUT2D eigenvalue weighted by atomic mass is 79.9. The van der Waals surface area contributed by atoms with Crippen LogP contribution in [0.3, 0.4) is 0 Å². The SMILES string of the molecule is CC(C)CC(O)(Br)C(=O)O. The predicted octanol–water partition coefficient (Wildman–Crippen LogP) is 1.20. The average Bonchev–Trinajstić information content (AvgIpc) is 1.60. The molecule has 0 aliphatic heterocycles. The van der Waals surface area contributed by atoms with E-state index in [2.05, 4.69) is 15.9 Å². The minimum absolute atomic E-state index is 0.153. The maximum atomic E-state index is 10.3. The van der Waals surface area contributed by atoms with E-state index in [1.54, 1.807) is 0 Å². The fraction of sp³-hybridized carbons (Fsp3) is 0.833. The zero-order valence-corrected chi connectivity index (χ0v) is 7.55. The number of carboxylic acid groups (broad SMARTS) is 1. The van der Waals surface area contributed by atoms with Crippen LogP contribution in [0.25, 0.3) is 0 Å². The molecule has 0 radical (unpaired) electrons. The van der Waals surface area contributed by atoms with Crippen LogP contribution in [-0.4, -0.2) is 20.7 Å². The van der Waals surface area contributed by atoms with Crippen molar-refractivity contribution in [3.05, 3.63) is 0 Å². The van der Waals surface area contributed by atoms with Gasteiger partial charge in [-0.05, 0) is 28.3 Å². The van der Waals surface area contributed by atoms with Gasteiger partial charge in [-0.25, -0.2) is 4.79 Å². The molecule has 1 atom stereocenters. The summed E-state index contributed by atoms with van der Waals surface area (Å²) in [5.41, 5.74) is 0. The molecule has 2 N–H and O–H groups in total. The number of carboxylic acids is 1. The Hall–Kier alpha value is -0.0900. The number of aliphatic carboxylic acids is 1. The van der Waals surface area contributed by atoms with Gasteiger partial charge in [-0.2, -0.15) is 0 Å². The first-order valence-corrected chi connectivity index (χ1v) is 3.80. The summed E-state index contributed by atoms with van der Waals surface area (Å²) < 4.78 is -1.75. The van der Waals surface area contributed by atoms with E-state index in [1.165, 1.54) is 0 Å². The Labute approximate surface area is 68.2 Å². The summed E-state index contributed by atoms with van der Waals surface area (Å²) in [5.74, 6) is -1.08. The number of hydrogen-bond donors (Lipinski definition) is 2. The summed E-state index contributed by atoms with van der Waals surface area (Å²) in [5, 5.41) is 17.5. The van der Waals surface area contributed by atoms with Crippen LogP contribution in [0.5, 0.6) is 0 Å². The van der Waals surface area contributed by atoms with Crippen LogP contribution in [0.1, 0.15) is 20.3 Å². The number of rotatable bonds is 3. The molecular weight excluding hydrogens is 200 g/mol. The second-order valence-electron chi connectivity index (χ2n) is 2.66. The van der Waals surface area contributed by atoms with Gasteiger partial charge in [0.15, 0.2) is 0 Å². The molecule has 3 nitrogen and oxygen atoms in total. The molecule has 4 heteroatoms. The second-order valence-corrected chi connectivity index (χ2v) is 3.97. The van der Waals surface area contributed by atoms with Crippen molar-refractivity contribution < 1.29 is 15.0 Å². The lowest BCUT2D eigenvalue weighted by Crippen LogP contribution is -2.32. The van der Waals surface area contributed by atoms with Crippen molar-refractivity contribution >= 4 is 21.9 Å². The van der Waals surface area contributed by atoms with Crippen molar-refractivity contribution in [2.75, 3.05) is 0 Å². The Kier molecular flexibility index (Phi) is 3.31. The van der Waals surface area contributed by atoms with Crippen LogP contribution in [0.4, 0.5) is 0 Å². The zero-order chi connectivity index (χ0) is 8.36. The van der Waals surface area contributed by atoms with E-state index in [0.717, 1.165) is 0 Å². The minimum atomic E-state index is -1.75. The van der Waals surface area contributed by atoms with Crippen LogP contribution < -0.4 is 0 Å². The molecule has 0 aromatic rings. The Morgan fingerprint density at radius 1 is 1.70 bits per heavy atom. The van der Waals surface area contributed by atoms with E-state index in [0.29, 0.717) is 0 Å². The fourth-order valence-electron chi connectivity index (χ4n) is 0.628. The van der Waals surface area contributed by atoms with E-state index >= 15 is 0 Å². The van der Waals surface area contributed by atoms with Gasteiger partial charge in [0.25, 0.3) is 0 Å². The van der Waals surface area contributed by atoms with Crippen LogP contribution in [0, 0.1) is 5.92 Å². The monoisotopic (exact) mass is 210 g/mol. The molecule has 10 heavy (non-hydrogen) atoms. The third-order valence-corrected chi connectivity index (χ3v) is 1.67. The molecule has 0 aliphatic carbocycles. The summed E-state index contributed by atoms with van der Waals surface area (Å²) in [7, 11) is 0. The Morgan fingerprint density at radius 2 is 2.10 bits per heavy atom. The normalized spacial score (nSPS) is 16.9. The number of aliphatic hydroxyl groups is 1. The number of alkyl halides is 1. The standard InChI is InChI=1S/C6H11BrO3/c1-4(2)3-6(7,10)5(8)9/h4,10H,3H2,1-2H3,(H,8,9). The first-order chi connectivity index (χ1) is 4.36. The Balaban J connectivity index is 4.00. The van der Waals surface area contributed by atoms with Crippen molar-refractivity contribution in [3.8, 4) is 0 Å². The summed E-state index contributed by atoms with van der Waals surface area (Å²) in [4.78, 5) is 10.3.